The second-order valence-corrected chi connectivity index (χ2v) is 6.76. The molecule has 0 heterocycles. The number of benzene rings is 1. The molecular formula is C21H38ClN5. The smallest absolute Gasteiger partial charge is 0.195 e. The predicted octanol–water partition coefficient (Wildman–Crippen LogP) is 4.75. The Morgan fingerprint density at radius 3 is 1.89 bits per heavy atom. The summed E-state index contributed by atoms with van der Waals surface area (Å²) in [5.41, 5.74) is 12.8. The zero-order valence-corrected chi connectivity index (χ0v) is 17.6. The maximum Gasteiger partial charge on any atom is 0.195 e. The minimum atomic E-state index is 0. The van der Waals surface area contributed by atoms with Crippen LogP contribution in [0.1, 0.15) is 76.7 Å². The Labute approximate surface area is 171 Å². The SMILES string of the molecule is CCCCCCCCCCCCN=C(N)NC(N)=NCc1ccccc1.Cl. The van der Waals surface area contributed by atoms with Gasteiger partial charge in [-0.05, 0) is 12.0 Å². The molecule has 0 aliphatic rings. The molecule has 5 N–H and O–H groups in total. The van der Waals surface area contributed by atoms with E-state index in [1.54, 1.807) is 0 Å². The van der Waals surface area contributed by atoms with Crippen molar-refractivity contribution in [3.05, 3.63) is 35.9 Å². The van der Waals surface area contributed by atoms with Crippen LogP contribution >= 0.6 is 12.4 Å². The normalized spacial score (nSPS) is 11.9. The summed E-state index contributed by atoms with van der Waals surface area (Å²) in [6.45, 7) is 3.53. The van der Waals surface area contributed by atoms with Crippen molar-refractivity contribution in [2.24, 2.45) is 21.5 Å². The highest BCUT2D eigenvalue weighted by atomic mass is 35.5. The largest absolute Gasteiger partial charge is 0.370 e. The van der Waals surface area contributed by atoms with E-state index in [1.807, 2.05) is 30.3 Å². The minimum absolute atomic E-state index is 0. The van der Waals surface area contributed by atoms with E-state index >= 15 is 0 Å². The van der Waals surface area contributed by atoms with Crippen LogP contribution in [-0.4, -0.2) is 18.5 Å². The van der Waals surface area contributed by atoms with Gasteiger partial charge in [-0.25, -0.2) is 4.99 Å². The lowest BCUT2D eigenvalue weighted by atomic mass is 10.1. The zero-order chi connectivity index (χ0) is 18.9. The molecule has 0 bridgehead atoms. The van der Waals surface area contributed by atoms with Crippen LogP contribution < -0.4 is 16.8 Å². The Hall–Kier alpha value is -1.75. The van der Waals surface area contributed by atoms with E-state index in [-0.39, 0.29) is 12.4 Å². The van der Waals surface area contributed by atoms with Crippen LogP contribution in [0.25, 0.3) is 0 Å². The standard InChI is InChI=1S/C21H37N5.ClH/c1-2-3-4-5-6-7-8-9-10-14-17-24-20(22)26-21(23)25-18-19-15-12-11-13-16-19;/h11-13,15-16H,2-10,14,17-18H2,1H3,(H5,22,23,24,25,26);1H. The summed E-state index contributed by atoms with van der Waals surface area (Å²) in [5.74, 6) is 0.647. The molecule has 0 atom stereocenters. The van der Waals surface area contributed by atoms with E-state index in [0.29, 0.717) is 18.5 Å². The Morgan fingerprint density at radius 1 is 0.778 bits per heavy atom. The number of unbranched alkanes of at least 4 members (excludes halogenated alkanes) is 9. The number of guanidine groups is 2. The first-order valence-corrected chi connectivity index (χ1v) is 10.1. The van der Waals surface area contributed by atoms with Crippen molar-refractivity contribution in [1.29, 1.82) is 0 Å². The Kier molecular flexibility index (Phi) is 16.5. The van der Waals surface area contributed by atoms with Crippen LogP contribution in [0.3, 0.4) is 0 Å². The van der Waals surface area contributed by atoms with Crippen molar-refractivity contribution in [1.82, 2.24) is 5.32 Å². The number of halogens is 1. The maximum absolute atomic E-state index is 5.84. The number of nitrogens with two attached hydrogens (primary N) is 2. The number of nitrogens with one attached hydrogen (secondary N) is 1. The molecule has 0 aliphatic heterocycles. The third-order valence-corrected chi connectivity index (χ3v) is 4.32. The van der Waals surface area contributed by atoms with Gasteiger partial charge in [0, 0.05) is 6.54 Å². The highest BCUT2D eigenvalue weighted by Crippen LogP contribution is 2.10. The van der Waals surface area contributed by atoms with Crippen molar-refractivity contribution in [2.45, 2.75) is 77.7 Å². The lowest BCUT2D eigenvalue weighted by Crippen LogP contribution is -2.41. The number of hydrogen-bond donors (Lipinski definition) is 3. The van der Waals surface area contributed by atoms with Crippen molar-refractivity contribution >= 4 is 24.3 Å². The quantitative estimate of drug-likeness (QED) is 0.256. The fourth-order valence-electron chi connectivity index (χ4n) is 2.77. The summed E-state index contributed by atoms with van der Waals surface area (Å²) in [4.78, 5) is 8.57. The van der Waals surface area contributed by atoms with Gasteiger partial charge in [0.25, 0.3) is 0 Å². The molecule has 0 spiro atoms. The van der Waals surface area contributed by atoms with Gasteiger partial charge >= 0.3 is 0 Å². The van der Waals surface area contributed by atoms with Crippen molar-refractivity contribution < 1.29 is 0 Å². The number of aliphatic imine (C=N–C) groups is 2. The average Bonchev–Trinajstić information content (AvgIpc) is 2.65. The van der Waals surface area contributed by atoms with Crippen LogP contribution in [-0.2, 0) is 6.54 Å². The topological polar surface area (TPSA) is 88.8 Å². The molecule has 0 radical (unpaired) electrons. The molecule has 1 rings (SSSR count). The summed E-state index contributed by atoms with van der Waals surface area (Å²) in [6, 6.07) is 9.97. The molecule has 154 valence electrons. The van der Waals surface area contributed by atoms with E-state index < -0.39 is 0 Å². The van der Waals surface area contributed by atoms with E-state index in [1.165, 1.54) is 57.8 Å². The first-order chi connectivity index (χ1) is 12.7. The molecule has 0 saturated carbocycles. The molecule has 0 aromatic heterocycles. The second kappa shape index (κ2) is 17.7. The molecular weight excluding hydrogens is 358 g/mol. The summed E-state index contributed by atoms with van der Waals surface area (Å²) in [7, 11) is 0. The lowest BCUT2D eigenvalue weighted by molar-refractivity contribution is 0.558. The summed E-state index contributed by atoms with van der Waals surface area (Å²) >= 11 is 0. The molecule has 0 unspecified atom stereocenters. The summed E-state index contributed by atoms with van der Waals surface area (Å²) in [6.07, 6.45) is 13.2. The van der Waals surface area contributed by atoms with Gasteiger partial charge in [0.05, 0.1) is 6.54 Å². The van der Waals surface area contributed by atoms with Gasteiger partial charge in [-0.1, -0.05) is 95.0 Å². The fourth-order valence-corrected chi connectivity index (χ4v) is 2.77. The first-order valence-electron chi connectivity index (χ1n) is 10.1. The highest BCUT2D eigenvalue weighted by molar-refractivity contribution is 5.96. The molecule has 27 heavy (non-hydrogen) atoms. The van der Waals surface area contributed by atoms with Crippen molar-refractivity contribution in [2.75, 3.05) is 6.54 Å². The van der Waals surface area contributed by atoms with Crippen molar-refractivity contribution in [3.8, 4) is 0 Å². The molecule has 0 fully saturated rings. The Balaban J connectivity index is 0.00000676. The maximum atomic E-state index is 5.84. The van der Waals surface area contributed by atoms with Gasteiger partial charge in [-0.15, -0.1) is 12.4 Å². The molecule has 5 nitrogen and oxygen atoms in total. The number of rotatable bonds is 13. The van der Waals surface area contributed by atoms with Crippen LogP contribution in [0.4, 0.5) is 0 Å². The molecule has 1 aromatic rings. The van der Waals surface area contributed by atoms with Crippen LogP contribution in [0, 0.1) is 0 Å². The van der Waals surface area contributed by atoms with Gasteiger partial charge < -0.3 is 11.5 Å². The van der Waals surface area contributed by atoms with E-state index in [9.17, 15) is 0 Å². The van der Waals surface area contributed by atoms with Crippen LogP contribution in [0.5, 0.6) is 0 Å². The molecule has 0 saturated heterocycles. The Bertz CT molecular complexity index is 517. The molecule has 6 heteroatoms. The third kappa shape index (κ3) is 15.0. The van der Waals surface area contributed by atoms with Crippen molar-refractivity contribution in [3.63, 3.8) is 0 Å². The van der Waals surface area contributed by atoms with E-state index in [0.717, 1.165) is 18.5 Å². The second-order valence-electron chi connectivity index (χ2n) is 6.76. The Morgan fingerprint density at radius 2 is 1.30 bits per heavy atom. The minimum Gasteiger partial charge on any atom is -0.370 e. The predicted molar refractivity (Wildman–Crippen MR) is 120 cm³/mol. The van der Waals surface area contributed by atoms with Crippen LogP contribution in [0.15, 0.2) is 40.3 Å². The van der Waals surface area contributed by atoms with Gasteiger partial charge in [0.15, 0.2) is 11.9 Å². The lowest BCUT2D eigenvalue weighted by Gasteiger charge is -2.05. The molecule has 0 amide bonds. The third-order valence-electron chi connectivity index (χ3n) is 4.32. The fraction of sp³-hybridized carbons (Fsp3) is 0.619. The van der Waals surface area contributed by atoms with E-state index in [4.69, 9.17) is 11.5 Å². The van der Waals surface area contributed by atoms with Crippen LogP contribution in [0.2, 0.25) is 0 Å². The number of nitrogens with zero attached hydrogens (tertiary/aromatic N) is 2. The highest BCUT2D eigenvalue weighted by Gasteiger charge is 1.96. The number of hydrogen-bond acceptors (Lipinski definition) is 2. The molecule has 0 aliphatic carbocycles. The summed E-state index contributed by atoms with van der Waals surface area (Å²) in [5, 5.41) is 2.84. The zero-order valence-electron chi connectivity index (χ0n) is 16.8. The van der Waals surface area contributed by atoms with Gasteiger partial charge in [-0.2, -0.15) is 0 Å². The molecule has 1 aromatic carbocycles. The van der Waals surface area contributed by atoms with Gasteiger partial charge in [-0.3, -0.25) is 10.3 Å². The monoisotopic (exact) mass is 395 g/mol. The van der Waals surface area contributed by atoms with E-state index in [2.05, 4.69) is 22.2 Å². The summed E-state index contributed by atoms with van der Waals surface area (Å²) < 4.78 is 0. The first kappa shape index (κ1) is 25.2. The van der Waals surface area contributed by atoms with Gasteiger partial charge in [0.1, 0.15) is 0 Å². The van der Waals surface area contributed by atoms with Gasteiger partial charge in [0.2, 0.25) is 0 Å². The average molecular weight is 396 g/mol.